The van der Waals surface area contributed by atoms with Crippen LogP contribution in [0.5, 0.6) is 5.75 Å². The minimum absolute atomic E-state index is 0.518. The Labute approximate surface area is 122 Å². The summed E-state index contributed by atoms with van der Waals surface area (Å²) in [5.74, 6) is 2.80. The first-order valence-corrected chi connectivity index (χ1v) is 7.73. The van der Waals surface area contributed by atoms with E-state index >= 15 is 0 Å². The predicted molar refractivity (Wildman–Crippen MR) is 80.1 cm³/mol. The van der Waals surface area contributed by atoms with E-state index in [9.17, 15) is 0 Å². The van der Waals surface area contributed by atoms with Gasteiger partial charge in [0.15, 0.2) is 11.6 Å². The van der Waals surface area contributed by atoms with E-state index in [4.69, 9.17) is 9.26 Å². The smallest absolute Gasteiger partial charge is 0.261 e. The molecule has 0 fully saturated rings. The van der Waals surface area contributed by atoms with Crippen molar-refractivity contribution in [2.45, 2.75) is 24.9 Å². The molecule has 6 heteroatoms. The third-order valence-electron chi connectivity index (χ3n) is 2.92. The zero-order valence-corrected chi connectivity index (χ0v) is 12.4. The monoisotopic (exact) mass is 291 g/mol. The van der Waals surface area contributed by atoms with E-state index in [1.165, 1.54) is 0 Å². The summed E-state index contributed by atoms with van der Waals surface area (Å²) >= 11 is 1.79. The summed E-state index contributed by atoms with van der Waals surface area (Å²) in [6, 6.07) is 5.89. The Hall–Kier alpha value is -1.69. The third kappa shape index (κ3) is 2.75. The van der Waals surface area contributed by atoms with Gasteiger partial charge in [0.1, 0.15) is 6.61 Å². The second kappa shape index (κ2) is 5.75. The van der Waals surface area contributed by atoms with E-state index in [0.29, 0.717) is 17.7 Å². The summed E-state index contributed by atoms with van der Waals surface area (Å²) in [7, 11) is 0. The molecule has 0 saturated carbocycles. The van der Waals surface area contributed by atoms with E-state index in [0.717, 1.165) is 35.1 Å². The SMILES string of the molecule is CC(C)SCc1noc(-c2cccc3c2OCCN3)n1. The Kier molecular flexibility index (Phi) is 3.82. The van der Waals surface area contributed by atoms with Crippen molar-refractivity contribution in [3.63, 3.8) is 0 Å². The number of aromatic nitrogens is 2. The number of hydrogen-bond acceptors (Lipinski definition) is 6. The number of hydrogen-bond donors (Lipinski definition) is 1. The maximum Gasteiger partial charge on any atom is 0.261 e. The standard InChI is InChI=1S/C14H17N3O2S/c1-9(2)20-8-12-16-14(19-17-12)10-4-3-5-11-13(10)18-7-6-15-11/h3-5,9,15H,6-8H2,1-2H3. The quantitative estimate of drug-likeness (QED) is 0.933. The lowest BCUT2D eigenvalue weighted by atomic mass is 10.1. The van der Waals surface area contributed by atoms with Crippen molar-refractivity contribution in [3.8, 4) is 17.2 Å². The molecule has 2 heterocycles. The zero-order valence-electron chi connectivity index (χ0n) is 11.5. The summed E-state index contributed by atoms with van der Waals surface area (Å²) in [4.78, 5) is 4.45. The Balaban J connectivity index is 1.86. The predicted octanol–water partition coefficient (Wildman–Crippen LogP) is 3.18. The van der Waals surface area contributed by atoms with E-state index in [2.05, 4.69) is 29.3 Å². The van der Waals surface area contributed by atoms with Gasteiger partial charge in [0, 0.05) is 6.54 Å². The number of nitrogens with one attached hydrogen (secondary N) is 1. The first kappa shape index (κ1) is 13.3. The largest absolute Gasteiger partial charge is 0.489 e. The van der Waals surface area contributed by atoms with Crippen LogP contribution in [0.1, 0.15) is 19.7 Å². The average Bonchev–Trinajstić information content (AvgIpc) is 2.93. The Bertz CT molecular complexity index is 598. The van der Waals surface area contributed by atoms with Crippen molar-refractivity contribution in [1.29, 1.82) is 0 Å². The van der Waals surface area contributed by atoms with Gasteiger partial charge in [0.2, 0.25) is 0 Å². The highest BCUT2D eigenvalue weighted by Crippen LogP contribution is 2.37. The highest BCUT2D eigenvalue weighted by Gasteiger charge is 2.19. The number of rotatable bonds is 4. The molecule has 0 radical (unpaired) electrons. The molecule has 3 rings (SSSR count). The minimum Gasteiger partial charge on any atom is -0.489 e. The molecule has 1 aliphatic heterocycles. The van der Waals surface area contributed by atoms with Crippen LogP contribution in [0.15, 0.2) is 22.7 Å². The van der Waals surface area contributed by atoms with Crippen LogP contribution in [0.4, 0.5) is 5.69 Å². The fourth-order valence-corrected chi connectivity index (χ4v) is 2.60. The number of ether oxygens (including phenoxy) is 1. The second-order valence-electron chi connectivity index (χ2n) is 4.83. The summed E-state index contributed by atoms with van der Waals surface area (Å²) in [6.07, 6.45) is 0. The number of benzene rings is 1. The van der Waals surface area contributed by atoms with Crippen molar-refractivity contribution in [3.05, 3.63) is 24.0 Å². The summed E-state index contributed by atoms with van der Waals surface area (Å²) in [5.41, 5.74) is 1.83. The molecule has 1 aromatic heterocycles. The maximum atomic E-state index is 5.72. The van der Waals surface area contributed by atoms with Gasteiger partial charge in [-0.05, 0) is 17.4 Å². The molecule has 2 aromatic rings. The average molecular weight is 291 g/mol. The molecule has 1 aromatic carbocycles. The fraction of sp³-hybridized carbons (Fsp3) is 0.429. The Morgan fingerprint density at radius 3 is 3.15 bits per heavy atom. The van der Waals surface area contributed by atoms with Crippen molar-refractivity contribution in [2.24, 2.45) is 0 Å². The molecular weight excluding hydrogens is 274 g/mol. The van der Waals surface area contributed by atoms with Crippen LogP contribution in [0.2, 0.25) is 0 Å². The fourth-order valence-electron chi connectivity index (χ4n) is 2.00. The van der Waals surface area contributed by atoms with Gasteiger partial charge in [0.25, 0.3) is 5.89 Å². The van der Waals surface area contributed by atoms with Gasteiger partial charge in [-0.15, -0.1) is 0 Å². The Morgan fingerprint density at radius 2 is 2.30 bits per heavy atom. The molecule has 1 N–H and O–H groups in total. The number of anilines is 1. The van der Waals surface area contributed by atoms with Crippen LogP contribution >= 0.6 is 11.8 Å². The number of nitrogens with zero attached hydrogens (tertiary/aromatic N) is 2. The molecule has 0 spiro atoms. The molecule has 0 atom stereocenters. The molecule has 0 aliphatic carbocycles. The highest BCUT2D eigenvalue weighted by atomic mass is 32.2. The molecule has 0 unspecified atom stereocenters. The van der Waals surface area contributed by atoms with Gasteiger partial charge in [-0.25, -0.2) is 0 Å². The molecule has 20 heavy (non-hydrogen) atoms. The van der Waals surface area contributed by atoms with Crippen LogP contribution in [-0.2, 0) is 5.75 Å². The molecule has 0 bridgehead atoms. The topological polar surface area (TPSA) is 60.2 Å². The van der Waals surface area contributed by atoms with Crippen molar-refractivity contribution in [1.82, 2.24) is 10.1 Å². The molecule has 1 aliphatic rings. The third-order valence-corrected chi connectivity index (χ3v) is 4.01. The molecule has 5 nitrogen and oxygen atoms in total. The lowest BCUT2D eigenvalue weighted by Crippen LogP contribution is -2.18. The van der Waals surface area contributed by atoms with Crippen LogP contribution in [0, 0.1) is 0 Å². The highest BCUT2D eigenvalue weighted by molar-refractivity contribution is 7.99. The Morgan fingerprint density at radius 1 is 1.40 bits per heavy atom. The van der Waals surface area contributed by atoms with Crippen LogP contribution in [0.25, 0.3) is 11.5 Å². The normalized spacial score (nSPS) is 13.8. The van der Waals surface area contributed by atoms with Gasteiger partial charge in [-0.1, -0.05) is 25.1 Å². The van der Waals surface area contributed by atoms with Crippen molar-refractivity contribution < 1.29 is 9.26 Å². The summed E-state index contributed by atoms with van der Waals surface area (Å²) < 4.78 is 11.1. The van der Waals surface area contributed by atoms with Crippen molar-refractivity contribution in [2.75, 3.05) is 18.5 Å². The van der Waals surface area contributed by atoms with Crippen LogP contribution in [-0.4, -0.2) is 28.5 Å². The first-order valence-electron chi connectivity index (χ1n) is 6.68. The minimum atomic E-state index is 0.518. The van der Waals surface area contributed by atoms with Gasteiger partial charge in [0.05, 0.1) is 17.0 Å². The van der Waals surface area contributed by atoms with E-state index < -0.39 is 0 Å². The first-order chi connectivity index (χ1) is 9.74. The molecule has 0 saturated heterocycles. The van der Waals surface area contributed by atoms with Gasteiger partial charge in [-0.2, -0.15) is 16.7 Å². The van der Waals surface area contributed by atoms with Crippen LogP contribution < -0.4 is 10.1 Å². The number of fused-ring (bicyclic) bond motifs is 1. The lowest BCUT2D eigenvalue weighted by Gasteiger charge is -2.20. The van der Waals surface area contributed by atoms with Gasteiger partial charge < -0.3 is 14.6 Å². The van der Waals surface area contributed by atoms with Gasteiger partial charge in [-0.3, -0.25) is 0 Å². The molecular formula is C14H17N3O2S. The van der Waals surface area contributed by atoms with E-state index in [-0.39, 0.29) is 0 Å². The lowest BCUT2D eigenvalue weighted by molar-refractivity contribution is 0.322. The summed E-state index contributed by atoms with van der Waals surface area (Å²) in [5, 5.41) is 7.88. The zero-order chi connectivity index (χ0) is 13.9. The van der Waals surface area contributed by atoms with E-state index in [1.807, 2.05) is 18.2 Å². The second-order valence-corrected chi connectivity index (χ2v) is 6.40. The maximum absolute atomic E-state index is 5.72. The molecule has 106 valence electrons. The molecule has 0 amide bonds. The van der Waals surface area contributed by atoms with Gasteiger partial charge >= 0.3 is 0 Å². The summed E-state index contributed by atoms with van der Waals surface area (Å²) in [6.45, 7) is 5.77. The number of para-hydroxylation sites is 1. The van der Waals surface area contributed by atoms with E-state index in [1.54, 1.807) is 11.8 Å². The van der Waals surface area contributed by atoms with Crippen LogP contribution in [0.3, 0.4) is 0 Å². The van der Waals surface area contributed by atoms with Crippen molar-refractivity contribution >= 4 is 17.4 Å². The number of thioether (sulfide) groups is 1.